The molecule has 0 unspecified atom stereocenters. The SMILES string of the molecule is COCCNC(=O)N(Cc1cccnc1)C[C@H]1CCCN(C2CCCCC2)C1. The van der Waals surface area contributed by atoms with Crippen LogP contribution in [0, 0.1) is 5.92 Å². The number of nitrogens with zero attached hydrogens (tertiary/aromatic N) is 3. The van der Waals surface area contributed by atoms with Crippen LogP contribution in [0.15, 0.2) is 24.5 Å². The van der Waals surface area contributed by atoms with Gasteiger partial charge in [-0.05, 0) is 49.8 Å². The average molecular weight is 389 g/mol. The molecule has 0 spiro atoms. The Balaban J connectivity index is 1.59. The zero-order valence-corrected chi connectivity index (χ0v) is 17.3. The van der Waals surface area contributed by atoms with E-state index in [4.69, 9.17) is 4.74 Å². The molecule has 0 aromatic carbocycles. The van der Waals surface area contributed by atoms with Crippen LogP contribution < -0.4 is 5.32 Å². The lowest BCUT2D eigenvalue weighted by atomic mass is 9.90. The molecule has 1 aromatic rings. The number of ether oxygens (including phenoxy) is 1. The van der Waals surface area contributed by atoms with Crippen LogP contribution in [-0.2, 0) is 11.3 Å². The zero-order chi connectivity index (χ0) is 19.6. The second-order valence-electron chi connectivity index (χ2n) is 8.26. The quantitative estimate of drug-likeness (QED) is 0.695. The number of aromatic nitrogens is 1. The van der Waals surface area contributed by atoms with Gasteiger partial charge in [-0.3, -0.25) is 4.98 Å². The summed E-state index contributed by atoms with van der Waals surface area (Å²) in [5, 5.41) is 3.00. The van der Waals surface area contributed by atoms with Crippen molar-refractivity contribution < 1.29 is 9.53 Å². The van der Waals surface area contributed by atoms with Gasteiger partial charge in [0.05, 0.1) is 6.61 Å². The van der Waals surface area contributed by atoms with Crippen molar-refractivity contribution in [2.45, 2.75) is 57.5 Å². The molecule has 2 fully saturated rings. The highest BCUT2D eigenvalue weighted by Gasteiger charge is 2.29. The van der Waals surface area contributed by atoms with Crippen molar-refractivity contribution in [2.75, 3.05) is 39.9 Å². The number of hydrogen-bond donors (Lipinski definition) is 1. The second-order valence-corrected chi connectivity index (χ2v) is 8.26. The maximum absolute atomic E-state index is 12.8. The molecule has 1 atom stereocenters. The van der Waals surface area contributed by atoms with Gasteiger partial charge in [-0.25, -0.2) is 4.79 Å². The number of carbonyl (C=O) groups excluding carboxylic acids is 1. The van der Waals surface area contributed by atoms with Crippen molar-refractivity contribution in [3.63, 3.8) is 0 Å². The first kappa shape index (κ1) is 21.1. The minimum Gasteiger partial charge on any atom is -0.383 e. The fraction of sp³-hybridized carbons (Fsp3) is 0.727. The number of piperidine rings is 1. The summed E-state index contributed by atoms with van der Waals surface area (Å²) in [6, 6.07) is 4.73. The molecule has 1 saturated heterocycles. The highest BCUT2D eigenvalue weighted by atomic mass is 16.5. The first-order chi connectivity index (χ1) is 13.8. The Morgan fingerprint density at radius 2 is 2.14 bits per heavy atom. The average Bonchev–Trinajstić information content (AvgIpc) is 2.75. The van der Waals surface area contributed by atoms with Crippen LogP contribution in [0.3, 0.4) is 0 Å². The van der Waals surface area contributed by atoms with Gasteiger partial charge in [0.15, 0.2) is 0 Å². The number of carbonyl (C=O) groups is 1. The van der Waals surface area contributed by atoms with Crippen LogP contribution in [0.4, 0.5) is 4.79 Å². The van der Waals surface area contributed by atoms with Crippen molar-refractivity contribution >= 4 is 6.03 Å². The lowest BCUT2D eigenvalue weighted by Gasteiger charge is -2.41. The first-order valence-corrected chi connectivity index (χ1v) is 10.9. The van der Waals surface area contributed by atoms with E-state index in [0.29, 0.717) is 25.6 Å². The van der Waals surface area contributed by atoms with Crippen molar-refractivity contribution in [2.24, 2.45) is 5.92 Å². The summed E-state index contributed by atoms with van der Waals surface area (Å²) in [4.78, 5) is 21.7. The van der Waals surface area contributed by atoms with E-state index in [2.05, 4.69) is 15.2 Å². The standard InChI is InChI=1S/C22H36N4O2/c1-28-14-12-24-22(27)26(16-19-7-5-11-23-15-19)18-20-8-6-13-25(17-20)21-9-3-2-4-10-21/h5,7,11,15,20-21H,2-4,6,8-10,12-14,16-18H2,1H3,(H,24,27)/t20-/m0/s1. The van der Waals surface area contributed by atoms with Gasteiger partial charge in [0.2, 0.25) is 0 Å². The van der Waals surface area contributed by atoms with Crippen LogP contribution in [0.25, 0.3) is 0 Å². The Morgan fingerprint density at radius 3 is 2.89 bits per heavy atom. The van der Waals surface area contributed by atoms with E-state index < -0.39 is 0 Å². The lowest BCUT2D eigenvalue weighted by Crippen LogP contribution is -2.48. The molecule has 1 N–H and O–H groups in total. The van der Waals surface area contributed by atoms with Crippen LogP contribution in [0.5, 0.6) is 0 Å². The van der Waals surface area contributed by atoms with E-state index in [1.165, 1.54) is 51.5 Å². The first-order valence-electron chi connectivity index (χ1n) is 10.9. The molecule has 28 heavy (non-hydrogen) atoms. The van der Waals surface area contributed by atoms with E-state index in [1.54, 1.807) is 13.3 Å². The van der Waals surface area contributed by atoms with E-state index in [0.717, 1.165) is 24.7 Å². The van der Waals surface area contributed by atoms with Crippen LogP contribution in [0.2, 0.25) is 0 Å². The normalized spacial score (nSPS) is 21.4. The maximum atomic E-state index is 12.8. The number of urea groups is 1. The van der Waals surface area contributed by atoms with Crippen LogP contribution in [0.1, 0.15) is 50.5 Å². The molecular formula is C22H36N4O2. The Bertz CT molecular complexity index is 577. The van der Waals surface area contributed by atoms with Gasteiger partial charge in [0.25, 0.3) is 0 Å². The third-order valence-corrected chi connectivity index (χ3v) is 6.09. The lowest BCUT2D eigenvalue weighted by molar-refractivity contribution is 0.0835. The zero-order valence-electron chi connectivity index (χ0n) is 17.3. The van der Waals surface area contributed by atoms with Gasteiger partial charge in [-0.2, -0.15) is 0 Å². The monoisotopic (exact) mass is 388 g/mol. The summed E-state index contributed by atoms with van der Waals surface area (Å²) >= 11 is 0. The van der Waals surface area contributed by atoms with E-state index in [-0.39, 0.29) is 6.03 Å². The predicted octanol–water partition coefficient (Wildman–Crippen LogP) is 3.28. The number of amides is 2. The summed E-state index contributed by atoms with van der Waals surface area (Å²) in [7, 11) is 1.65. The van der Waals surface area contributed by atoms with Crippen molar-refractivity contribution in [3.05, 3.63) is 30.1 Å². The second kappa shape index (κ2) is 11.4. The van der Waals surface area contributed by atoms with Gasteiger partial charge in [-0.15, -0.1) is 0 Å². The molecule has 156 valence electrons. The Hall–Kier alpha value is -1.66. The fourth-order valence-corrected chi connectivity index (χ4v) is 4.64. The maximum Gasteiger partial charge on any atom is 0.317 e. The van der Waals surface area contributed by atoms with Gasteiger partial charge < -0.3 is 19.9 Å². The number of likely N-dealkylation sites (tertiary alicyclic amines) is 1. The van der Waals surface area contributed by atoms with E-state index in [9.17, 15) is 4.79 Å². The summed E-state index contributed by atoms with van der Waals surface area (Å²) in [5.74, 6) is 0.542. The van der Waals surface area contributed by atoms with Crippen LogP contribution in [-0.4, -0.2) is 66.8 Å². The molecule has 2 aliphatic rings. The molecule has 0 radical (unpaired) electrons. The molecule has 3 rings (SSSR count). The summed E-state index contributed by atoms with van der Waals surface area (Å²) in [5.41, 5.74) is 1.07. The third-order valence-electron chi connectivity index (χ3n) is 6.09. The molecule has 0 bridgehead atoms. The molecule has 6 heteroatoms. The number of hydrogen-bond acceptors (Lipinski definition) is 4. The van der Waals surface area contributed by atoms with Crippen molar-refractivity contribution in [1.29, 1.82) is 0 Å². The summed E-state index contributed by atoms with van der Waals surface area (Å²) in [6.45, 7) is 4.83. The minimum absolute atomic E-state index is 0.00399. The number of nitrogens with one attached hydrogen (secondary N) is 1. The third kappa shape index (κ3) is 6.45. The number of methoxy groups -OCH3 is 1. The summed E-state index contributed by atoms with van der Waals surface area (Å²) < 4.78 is 5.07. The van der Waals surface area contributed by atoms with Crippen molar-refractivity contribution in [3.8, 4) is 0 Å². The molecular weight excluding hydrogens is 352 g/mol. The molecule has 1 aliphatic heterocycles. The smallest absolute Gasteiger partial charge is 0.317 e. The number of rotatable bonds is 8. The topological polar surface area (TPSA) is 57.7 Å². The highest BCUT2D eigenvalue weighted by Crippen LogP contribution is 2.27. The molecule has 1 aromatic heterocycles. The molecule has 2 heterocycles. The van der Waals surface area contributed by atoms with Gasteiger partial charge in [-0.1, -0.05) is 25.3 Å². The fourth-order valence-electron chi connectivity index (χ4n) is 4.64. The Labute approximate surface area is 169 Å². The van der Waals surface area contributed by atoms with E-state index in [1.807, 2.05) is 23.2 Å². The summed E-state index contributed by atoms with van der Waals surface area (Å²) in [6.07, 6.45) is 12.9. The van der Waals surface area contributed by atoms with Gasteiger partial charge in [0, 0.05) is 51.7 Å². The van der Waals surface area contributed by atoms with Gasteiger partial charge >= 0.3 is 6.03 Å². The molecule has 2 amide bonds. The van der Waals surface area contributed by atoms with Gasteiger partial charge in [0.1, 0.15) is 0 Å². The highest BCUT2D eigenvalue weighted by molar-refractivity contribution is 5.74. The molecule has 1 saturated carbocycles. The van der Waals surface area contributed by atoms with Crippen molar-refractivity contribution in [1.82, 2.24) is 20.1 Å². The largest absolute Gasteiger partial charge is 0.383 e. The minimum atomic E-state index is -0.00399. The number of pyridine rings is 1. The Morgan fingerprint density at radius 1 is 1.29 bits per heavy atom. The van der Waals surface area contributed by atoms with Crippen LogP contribution >= 0.6 is 0 Å². The molecule has 6 nitrogen and oxygen atoms in total. The predicted molar refractivity (Wildman–Crippen MR) is 111 cm³/mol. The molecule has 1 aliphatic carbocycles. The Kier molecular flexibility index (Phi) is 8.55. The van der Waals surface area contributed by atoms with E-state index >= 15 is 0 Å².